The summed E-state index contributed by atoms with van der Waals surface area (Å²) >= 11 is 0. The topological polar surface area (TPSA) is 87.5 Å². The molecule has 0 radical (unpaired) electrons. The first-order valence-corrected chi connectivity index (χ1v) is 9.45. The Kier molecular flexibility index (Phi) is 4.59. The van der Waals surface area contributed by atoms with Crippen molar-refractivity contribution in [3.63, 3.8) is 0 Å². The van der Waals surface area contributed by atoms with E-state index in [0.29, 0.717) is 24.7 Å². The number of hydrogen-bond acceptors (Lipinski definition) is 3. The molecule has 1 saturated heterocycles. The van der Waals surface area contributed by atoms with Crippen molar-refractivity contribution in [3.05, 3.63) is 53.6 Å². The lowest BCUT2D eigenvalue weighted by molar-refractivity contribution is 0.0694. The maximum Gasteiger partial charge on any atom is 0.335 e. The van der Waals surface area contributed by atoms with Crippen LogP contribution in [0.15, 0.2) is 36.7 Å². The molecule has 2 unspecified atom stereocenters. The third-order valence-corrected chi connectivity index (χ3v) is 5.77. The predicted octanol–water partition coefficient (Wildman–Crippen LogP) is 3.18. The number of aromatic nitrogens is 2. The number of benzene rings is 1. The molecule has 2 aliphatic rings. The number of likely N-dealkylation sites (tertiary alicyclic amines) is 1. The molecule has 2 atom stereocenters. The van der Waals surface area contributed by atoms with Crippen molar-refractivity contribution in [3.8, 4) is 0 Å². The van der Waals surface area contributed by atoms with Gasteiger partial charge in [0.15, 0.2) is 0 Å². The number of carbonyl (C=O) groups excluding carboxylic acids is 1. The van der Waals surface area contributed by atoms with E-state index < -0.39 is 5.97 Å². The Morgan fingerprint density at radius 3 is 2.70 bits per heavy atom. The third-order valence-electron chi connectivity index (χ3n) is 5.77. The van der Waals surface area contributed by atoms with Gasteiger partial charge >= 0.3 is 12.0 Å². The van der Waals surface area contributed by atoms with Crippen LogP contribution in [0.4, 0.5) is 4.79 Å². The molecule has 2 N–H and O–H groups in total. The molecule has 3 heterocycles. The second kappa shape index (κ2) is 7.06. The van der Waals surface area contributed by atoms with Crippen molar-refractivity contribution < 1.29 is 14.7 Å². The Hall–Kier alpha value is -2.83. The maximum absolute atomic E-state index is 12.7. The van der Waals surface area contributed by atoms with Crippen LogP contribution in [0.5, 0.6) is 0 Å². The van der Waals surface area contributed by atoms with Crippen molar-refractivity contribution in [2.24, 2.45) is 0 Å². The fourth-order valence-corrected chi connectivity index (χ4v) is 4.33. The molecular formula is C20H24N4O3. The molecule has 1 aromatic heterocycles. The van der Waals surface area contributed by atoms with Crippen molar-refractivity contribution in [2.45, 2.75) is 44.2 Å². The highest BCUT2D eigenvalue weighted by molar-refractivity contribution is 5.89. The monoisotopic (exact) mass is 368 g/mol. The molecule has 27 heavy (non-hydrogen) atoms. The number of amides is 2. The molecule has 7 nitrogen and oxygen atoms in total. The van der Waals surface area contributed by atoms with Gasteiger partial charge in [-0.05, 0) is 43.7 Å². The first-order valence-electron chi connectivity index (χ1n) is 9.45. The number of aromatic carboxylic acids is 1. The lowest BCUT2D eigenvalue weighted by atomic mass is 9.86. The average Bonchev–Trinajstić information content (AvgIpc) is 3.27. The van der Waals surface area contributed by atoms with Gasteiger partial charge in [-0.15, -0.1) is 0 Å². The number of carboxylic acids is 1. The zero-order chi connectivity index (χ0) is 19.0. The van der Waals surface area contributed by atoms with Crippen LogP contribution in [0.3, 0.4) is 0 Å². The Morgan fingerprint density at radius 1 is 1.22 bits per heavy atom. The number of piperidine rings is 1. The van der Waals surface area contributed by atoms with E-state index in [1.54, 1.807) is 18.3 Å². The lowest BCUT2D eigenvalue weighted by Crippen LogP contribution is -2.45. The van der Waals surface area contributed by atoms with E-state index in [1.807, 2.05) is 23.2 Å². The molecule has 0 aliphatic carbocycles. The molecule has 2 aliphatic heterocycles. The van der Waals surface area contributed by atoms with Crippen LogP contribution in [0, 0.1) is 0 Å². The maximum atomic E-state index is 12.7. The number of urea groups is 1. The molecule has 0 saturated carbocycles. The largest absolute Gasteiger partial charge is 0.478 e. The van der Waals surface area contributed by atoms with Gasteiger partial charge in [0.1, 0.15) is 5.82 Å². The van der Waals surface area contributed by atoms with Crippen LogP contribution < -0.4 is 5.32 Å². The minimum Gasteiger partial charge on any atom is -0.478 e. The SMILES string of the molecule is CC1CC(NC(=O)N2CCC(c3ccccc3C(=O)O)CC2)c2nccn21. The summed E-state index contributed by atoms with van der Waals surface area (Å²) in [5.41, 5.74) is 1.24. The second-order valence-electron chi connectivity index (χ2n) is 7.43. The summed E-state index contributed by atoms with van der Waals surface area (Å²) in [6, 6.07) is 7.41. The number of nitrogens with zero attached hydrogens (tertiary/aromatic N) is 3. The number of fused-ring (bicyclic) bond motifs is 1. The van der Waals surface area contributed by atoms with Gasteiger partial charge < -0.3 is 19.9 Å². The summed E-state index contributed by atoms with van der Waals surface area (Å²) < 4.78 is 2.11. The molecule has 2 amide bonds. The lowest BCUT2D eigenvalue weighted by Gasteiger charge is -2.33. The molecule has 1 aromatic carbocycles. The van der Waals surface area contributed by atoms with Crippen LogP contribution in [0.2, 0.25) is 0 Å². The van der Waals surface area contributed by atoms with Gasteiger partial charge in [-0.3, -0.25) is 0 Å². The van der Waals surface area contributed by atoms with Crippen LogP contribution >= 0.6 is 0 Å². The fourth-order valence-electron chi connectivity index (χ4n) is 4.33. The summed E-state index contributed by atoms with van der Waals surface area (Å²) in [5.74, 6) is 0.199. The smallest absolute Gasteiger partial charge is 0.335 e. The summed E-state index contributed by atoms with van der Waals surface area (Å²) in [4.78, 5) is 30.4. The van der Waals surface area contributed by atoms with Crippen LogP contribution in [-0.2, 0) is 0 Å². The summed E-state index contributed by atoms with van der Waals surface area (Å²) in [5, 5.41) is 12.5. The Balaban J connectivity index is 1.37. The zero-order valence-corrected chi connectivity index (χ0v) is 15.3. The first kappa shape index (κ1) is 17.6. The molecule has 0 spiro atoms. The zero-order valence-electron chi connectivity index (χ0n) is 15.3. The average molecular weight is 368 g/mol. The molecule has 2 aromatic rings. The van der Waals surface area contributed by atoms with Crippen LogP contribution in [0.25, 0.3) is 0 Å². The van der Waals surface area contributed by atoms with Gasteiger partial charge in [0.05, 0.1) is 11.6 Å². The third kappa shape index (κ3) is 3.29. The van der Waals surface area contributed by atoms with Gasteiger partial charge in [0, 0.05) is 31.5 Å². The fraction of sp³-hybridized carbons (Fsp3) is 0.450. The highest BCUT2D eigenvalue weighted by Gasteiger charge is 2.32. The van der Waals surface area contributed by atoms with Gasteiger partial charge in [-0.1, -0.05) is 18.2 Å². The minimum absolute atomic E-state index is 0.0482. The van der Waals surface area contributed by atoms with E-state index in [4.69, 9.17) is 0 Å². The van der Waals surface area contributed by atoms with E-state index in [-0.39, 0.29) is 18.0 Å². The standard InChI is InChI=1S/C20H24N4O3/c1-13-12-17(18-21-8-11-24(13)18)22-20(27)23-9-6-14(7-10-23)15-4-2-3-5-16(15)19(25)26/h2-5,8,11,13-14,17H,6-7,9-10,12H2,1H3,(H,22,27)(H,25,26). The van der Waals surface area contributed by atoms with Crippen LogP contribution in [-0.4, -0.2) is 44.6 Å². The van der Waals surface area contributed by atoms with Crippen LogP contribution in [0.1, 0.15) is 65.9 Å². The molecule has 142 valence electrons. The van der Waals surface area contributed by atoms with Gasteiger partial charge in [-0.2, -0.15) is 0 Å². The summed E-state index contributed by atoms with van der Waals surface area (Å²) in [7, 11) is 0. The number of carboxylic acid groups (broad SMARTS) is 1. The number of hydrogen-bond donors (Lipinski definition) is 2. The van der Waals surface area contributed by atoms with E-state index in [2.05, 4.69) is 21.8 Å². The van der Waals surface area contributed by atoms with Gasteiger partial charge in [0.25, 0.3) is 0 Å². The van der Waals surface area contributed by atoms with Crippen molar-refractivity contribution in [1.29, 1.82) is 0 Å². The Bertz CT molecular complexity index is 854. The molecule has 1 fully saturated rings. The molecular weight excluding hydrogens is 344 g/mol. The van der Waals surface area contributed by atoms with E-state index in [9.17, 15) is 14.7 Å². The predicted molar refractivity (Wildman–Crippen MR) is 99.8 cm³/mol. The Morgan fingerprint density at radius 2 is 1.96 bits per heavy atom. The van der Waals surface area contributed by atoms with Gasteiger partial charge in [0.2, 0.25) is 0 Å². The number of nitrogens with one attached hydrogen (secondary N) is 1. The quantitative estimate of drug-likeness (QED) is 0.871. The highest BCUT2D eigenvalue weighted by atomic mass is 16.4. The number of carbonyl (C=O) groups is 2. The van der Waals surface area contributed by atoms with E-state index in [0.717, 1.165) is 30.7 Å². The minimum atomic E-state index is -0.892. The Labute approximate surface area is 158 Å². The summed E-state index contributed by atoms with van der Waals surface area (Å²) in [6.45, 7) is 3.38. The first-order chi connectivity index (χ1) is 13.0. The summed E-state index contributed by atoms with van der Waals surface area (Å²) in [6.07, 6.45) is 6.13. The molecule has 4 rings (SSSR count). The number of imidazole rings is 1. The van der Waals surface area contributed by atoms with Gasteiger partial charge in [-0.25, -0.2) is 14.6 Å². The molecule has 7 heteroatoms. The normalized spacial score (nSPS) is 22.5. The van der Waals surface area contributed by atoms with Crippen molar-refractivity contribution in [2.75, 3.05) is 13.1 Å². The second-order valence-corrected chi connectivity index (χ2v) is 7.43. The van der Waals surface area contributed by atoms with E-state index in [1.165, 1.54) is 0 Å². The molecule has 0 bridgehead atoms. The highest BCUT2D eigenvalue weighted by Crippen LogP contribution is 2.34. The van der Waals surface area contributed by atoms with E-state index >= 15 is 0 Å². The van der Waals surface area contributed by atoms with Crippen molar-refractivity contribution >= 4 is 12.0 Å². The number of rotatable bonds is 3. The van der Waals surface area contributed by atoms with Crippen molar-refractivity contribution in [1.82, 2.24) is 19.8 Å².